The molecule has 0 saturated heterocycles. The smallest absolute Gasteiger partial charge is 0.338 e. The number of halogens is 1. The van der Waals surface area contributed by atoms with Gasteiger partial charge in [0.25, 0.3) is 0 Å². The van der Waals surface area contributed by atoms with Gasteiger partial charge in [-0.1, -0.05) is 15.9 Å². The van der Waals surface area contributed by atoms with Crippen LogP contribution < -0.4 is 15.4 Å². The second kappa shape index (κ2) is 10.8. The molecule has 0 fully saturated rings. The van der Waals surface area contributed by atoms with Gasteiger partial charge in [-0.2, -0.15) is 0 Å². The average Bonchev–Trinajstić information content (AvgIpc) is 2.70. The van der Waals surface area contributed by atoms with E-state index in [-0.39, 0.29) is 43.1 Å². The van der Waals surface area contributed by atoms with Gasteiger partial charge in [0.2, 0.25) is 0 Å². The fourth-order valence-electron chi connectivity index (χ4n) is 2.87. The summed E-state index contributed by atoms with van der Waals surface area (Å²) in [7, 11) is 1.46. The number of hydrogen-bond acceptors (Lipinski definition) is 7. The van der Waals surface area contributed by atoms with Crippen molar-refractivity contribution in [3.63, 3.8) is 0 Å². The summed E-state index contributed by atoms with van der Waals surface area (Å²) in [4.78, 5) is 48.4. The topological polar surface area (TPSA) is 120 Å². The highest BCUT2D eigenvalue weighted by Crippen LogP contribution is 2.24. The maximum Gasteiger partial charge on any atom is 0.338 e. The number of Topliss-reactive ketones (excluding diaryl/α,β-unsaturated/α-hetero) is 1. The molecule has 2 amide bonds. The Kier molecular flexibility index (Phi) is 8.40. The molecule has 162 valence electrons. The molecule has 1 unspecified atom stereocenters. The number of benzene rings is 1. The lowest BCUT2D eigenvalue weighted by Gasteiger charge is -2.26. The number of methoxy groups -OCH3 is 1. The molecule has 9 nitrogen and oxygen atoms in total. The largest absolute Gasteiger partial charge is 0.496 e. The van der Waals surface area contributed by atoms with Gasteiger partial charge < -0.3 is 24.8 Å². The first-order valence-corrected chi connectivity index (χ1v) is 10.1. The van der Waals surface area contributed by atoms with Gasteiger partial charge in [0.1, 0.15) is 12.4 Å². The van der Waals surface area contributed by atoms with Crippen LogP contribution in [-0.4, -0.2) is 50.1 Å². The van der Waals surface area contributed by atoms with Crippen molar-refractivity contribution >= 4 is 39.7 Å². The summed E-state index contributed by atoms with van der Waals surface area (Å²) in [5.74, 6) is -1.12. The van der Waals surface area contributed by atoms with Gasteiger partial charge in [-0.3, -0.25) is 9.59 Å². The molecule has 0 aromatic heterocycles. The van der Waals surface area contributed by atoms with Crippen LogP contribution in [0.25, 0.3) is 0 Å². The van der Waals surface area contributed by atoms with Gasteiger partial charge in [-0.25, -0.2) is 9.59 Å². The van der Waals surface area contributed by atoms with Crippen molar-refractivity contribution in [1.82, 2.24) is 10.6 Å². The predicted molar refractivity (Wildman–Crippen MR) is 110 cm³/mol. The minimum atomic E-state index is -0.645. The molecule has 1 atom stereocenters. The second-order valence-electron chi connectivity index (χ2n) is 6.36. The molecule has 2 rings (SSSR count). The zero-order chi connectivity index (χ0) is 22.3. The van der Waals surface area contributed by atoms with Crippen LogP contribution in [0, 0.1) is 0 Å². The number of rotatable bonds is 9. The third-order valence-corrected chi connectivity index (χ3v) is 4.75. The van der Waals surface area contributed by atoms with Crippen LogP contribution in [-0.2, 0) is 19.1 Å². The molecule has 0 bridgehead atoms. The molecule has 1 heterocycles. The van der Waals surface area contributed by atoms with Gasteiger partial charge in [0.05, 0.1) is 43.0 Å². The molecule has 1 aromatic rings. The van der Waals surface area contributed by atoms with Crippen LogP contribution in [0.15, 0.2) is 33.9 Å². The molecule has 1 aliphatic heterocycles. The maximum absolute atomic E-state index is 12.4. The standard InChI is InChI=1S/C20H23BrN2O7/c1-4-29-19(26)18-11(2)22-20(27)23-14(18)10-30-17(25)8-6-15(24)13-9-12(21)5-7-16(13)28-3/h5,7,9,11H,4,6,8,10H2,1-3H3,(H2,22,23,27). The molecule has 0 aliphatic carbocycles. The van der Waals surface area contributed by atoms with E-state index in [4.69, 9.17) is 14.2 Å². The molecule has 0 saturated carbocycles. The molecule has 1 aliphatic rings. The summed E-state index contributed by atoms with van der Waals surface area (Å²) in [6.07, 6.45) is -0.252. The van der Waals surface area contributed by atoms with E-state index in [1.54, 1.807) is 32.0 Å². The van der Waals surface area contributed by atoms with E-state index in [0.29, 0.717) is 15.8 Å². The second-order valence-corrected chi connectivity index (χ2v) is 7.28. The quantitative estimate of drug-likeness (QED) is 0.409. The Balaban J connectivity index is 2.00. The third-order valence-electron chi connectivity index (χ3n) is 4.26. The lowest BCUT2D eigenvalue weighted by Crippen LogP contribution is -2.50. The lowest BCUT2D eigenvalue weighted by molar-refractivity contribution is -0.143. The molecule has 0 radical (unpaired) electrons. The van der Waals surface area contributed by atoms with Crippen molar-refractivity contribution in [1.29, 1.82) is 0 Å². The summed E-state index contributed by atoms with van der Waals surface area (Å²) in [5.41, 5.74) is 0.684. The molecule has 0 spiro atoms. The number of nitrogens with one attached hydrogen (secondary N) is 2. The number of hydrogen-bond donors (Lipinski definition) is 2. The summed E-state index contributed by atoms with van der Waals surface area (Å²) < 4.78 is 16.0. The molecular formula is C20H23BrN2O7. The van der Waals surface area contributed by atoms with E-state index in [0.717, 1.165) is 0 Å². The van der Waals surface area contributed by atoms with Crippen molar-refractivity contribution in [3.8, 4) is 5.75 Å². The zero-order valence-electron chi connectivity index (χ0n) is 16.9. The van der Waals surface area contributed by atoms with E-state index in [9.17, 15) is 19.2 Å². The Bertz CT molecular complexity index is 882. The van der Waals surface area contributed by atoms with Crippen molar-refractivity contribution in [2.75, 3.05) is 20.3 Å². The van der Waals surface area contributed by atoms with Gasteiger partial charge in [0.15, 0.2) is 5.78 Å². The normalized spacial score (nSPS) is 15.7. The SMILES string of the molecule is CCOC(=O)C1=C(COC(=O)CCC(=O)c2cc(Br)ccc2OC)NC(=O)NC1C. The highest BCUT2D eigenvalue weighted by molar-refractivity contribution is 9.10. The number of carbonyl (C=O) groups is 4. The molecule has 1 aromatic carbocycles. The van der Waals surface area contributed by atoms with E-state index in [1.807, 2.05) is 0 Å². The Hall–Kier alpha value is -2.88. The fourth-order valence-corrected chi connectivity index (χ4v) is 3.23. The number of ketones is 1. The van der Waals surface area contributed by atoms with E-state index in [2.05, 4.69) is 26.6 Å². The van der Waals surface area contributed by atoms with Crippen LogP contribution in [0.1, 0.15) is 37.0 Å². The predicted octanol–water partition coefficient (Wildman–Crippen LogP) is 2.48. The highest BCUT2D eigenvalue weighted by Gasteiger charge is 2.30. The summed E-state index contributed by atoms with van der Waals surface area (Å²) in [5, 5.41) is 5.02. The summed E-state index contributed by atoms with van der Waals surface area (Å²) >= 11 is 3.30. The number of carbonyl (C=O) groups excluding carboxylic acids is 4. The number of amides is 2. The van der Waals surface area contributed by atoms with Crippen molar-refractivity contribution in [2.24, 2.45) is 0 Å². The first kappa shape index (κ1) is 23.4. The van der Waals surface area contributed by atoms with E-state index >= 15 is 0 Å². The Morgan fingerprint density at radius 1 is 1.17 bits per heavy atom. The minimum absolute atomic E-state index is 0.0836. The molecule has 2 N–H and O–H groups in total. The Morgan fingerprint density at radius 3 is 2.57 bits per heavy atom. The Labute approximate surface area is 182 Å². The highest BCUT2D eigenvalue weighted by atomic mass is 79.9. The fraction of sp³-hybridized carbons (Fsp3) is 0.400. The van der Waals surface area contributed by atoms with Gasteiger partial charge in [0, 0.05) is 10.9 Å². The van der Waals surface area contributed by atoms with Gasteiger partial charge in [-0.15, -0.1) is 0 Å². The van der Waals surface area contributed by atoms with Crippen LogP contribution in [0.4, 0.5) is 4.79 Å². The minimum Gasteiger partial charge on any atom is -0.496 e. The average molecular weight is 483 g/mol. The summed E-state index contributed by atoms with van der Waals surface area (Å²) in [6, 6.07) is 3.90. The molecule has 10 heteroatoms. The summed E-state index contributed by atoms with van der Waals surface area (Å²) in [6.45, 7) is 3.13. The number of urea groups is 1. The first-order chi connectivity index (χ1) is 14.3. The van der Waals surface area contributed by atoms with Gasteiger partial charge >= 0.3 is 18.0 Å². The Morgan fingerprint density at radius 2 is 1.90 bits per heavy atom. The monoisotopic (exact) mass is 482 g/mol. The zero-order valence-corrected chi connectivity index (χ0v) is 18.5. The third kappa shape index (κ3) is 6.06. The van der Waals surface area contributed by atoms with Crippen LogP contribution in [0.5, 0.6) is 5.75 Å². The number of ether oxygens (including phenoxy) is 3. The maximum atomic E-state index is 12.4. The van der Waals surface area contributed by atoms with Crippen molar-refractivity contribution < 1.29 is 33.4 Å². The molecular weight excluding hydrogens is 460 g/mol. The number of esters is 2. The van der Waals surface area contributed by atoms with E-state index in [1.165, 1.54) is 7.11 Å². The van der Waals surface area contributed by atoms with E-state index < -0.39 is 24.0 Å². The first-order valence-electron chi connectivity index (χ1n) is 9.26. The van der Waals surface area contributed by atoms with Crippen LogP contribution >= 0.6 is 15.9 Å². The molecule has 30 heavy (non-hydrogen) atoms. The lowest BCUT2D eigenvalue weighted by atomic mass is 10.0. The van der Waals surface area contributed by atoms with Gasteiger partial charge in [-0.05, 0) is 32.0 Å². The van der Waals surface area contributed by atoms with Crippen molar-refractivity contribution in [3.05, 3.63) is 39.5 Å². The van der Waals surface area contributed by atoms with Crippen LogP contribution in [0.3, 0.4) is 0 Å². The van der Waals surface area contributed by atoms with Crippen LogP contribution in [0.2, 0.25) is 0 Å². The van der Waals surface area contributed by atoms with Crippen molar-refractivity contribution in [2.45, 2.75) is 32.7 Å².